The Morgan fingerprint density at radius 1 is 1.31 bits per heavy atom. The van der Waals surface area contributed by atoms with Gasteiger partial charge >= 0.3 is 0 Å². The van der Waals surface area contributed by atoms with E-state index in [0.717, 1.165) is 0 Å². The van der Waals surface area contributed by atoms with Crippen molar-refractivity contribution in [3.05, 3.63) is 29.8 Å². The molecule has 16 heavy (non-hydrogen) atoms. The van der Waals surface area contributed by atoms with Gasteiger partial charge in [0.05, 0.1) is 12.7 Å². The van der Waals surface area contributed by atoms with Gasteiger partial charge < -0.3 is 9.84 Å². The number of carbonyl (C=O) groups excluding carboxylic acids is 2. The average Bonchev–Trinajstić information content (AvgIpc) is 2.59. The van der Waals surface area contributed by atoms with Crippen LogP contribution < -0.4 is 10.1 Å². The Bertz CT molecular complexity index is 505. The molecule has 0 aliphatic carbocycles. The zero-order valence-corrected chi connectivity index (χ0v) is 8.48. The maximum atomic E-state index is 11.4. The van der Waals surface area contributed by atoms with Gasteiger partial charge in [0.2, 0.25) is 0 Å². The predicted octanol–water partition coefficient (Wildman–Crippen LogP) is 0.441. The minimum absolute atomic E-state index is 0.0171. The molecule has 0 saturated heterocycles. The van der Waals surface area contributed by atoms with E-state index in [-0.39, 0.29) is 17.1 Å². The quantitative estimate of drug-likeness (QED) is 0.708. The first-order chi connectivity index (χ1) is 7.61. The second-order valence-electron chi connectivity index (χ2n) is 3.26. The number of hydrogen-bond acceptors (Lipinski definition) is 4. The minimum Gasteiger partial charge on any atom is -0.504 e. The summed E-state index contributed by atoms with van der Waals surface area (Å²) in [5.41, 5.74) is 0.793. The van der Waals surface area contributed by atoms with Crippen molar-refractivity contribution in [1.82, 2.24) is 5.32 Å². The molecule has 1 aromatic carbocycles. The fourth-order valence-electron chi connectivity index (χ4n) is 1.47. The van der Waals surface area contributed by atoms with Crippen molar-refractivity contribution in [3.63, 3.8) is 0 Å². The molecule has 5 heteroatoms. The number of aromatic hydroxyl groups is 1. The van der Waals surface area contributed by atoms with E-state index in [0.29, 0.717) is 5.56 Å². The Morgan fingerprint density at radius 2 is 2.06 bits per heavy atom. The van der Waals surface area contributed by atoms with Crippen LogP contribution in [0.4, 0.5) is 0 Å². The van der Waals surface area contributed by atoms with Gasteiger partial charge in [0.25, 0.3) is 11.8 Å². The summed E-state index contributed by atoms with van der Waals surface area (Å²) in [6.07, 6.45) is 1.22. The van der Waals surface area contributed by atoms with Crippen LogP contribution in [-0.4, -0.2) is 24.0 Å². The van der Waals surface area contributed by atoms with Crippen LogP contribution >= 0.6 is 0 Å². The topological polar surface area (TPSA) is 75.6 Å². The lowest BCUT2D eigenvalue weighted by Crippen LogP contribution is -2.21. The van der Waals surface area contributed by atoms with E-state index in [1.165, 1.54) is 25.3 Å². The maximum absolute atomic E-state index is 11.4. The van der Waals surface area contributed by atoms with Gasteiger partial charge in [-0.1, -0.05) is 6.07 Å². The Labute approximate surface area is 91.3 Å². The normalized spacial score (nSPS) is 14.7. The summed E-state index contributed by atoms with van der Waals surface area (Å²) in [4.78, 5) is 22.3. The summed E-state index contributed by atoms with van der Waals surface area (Å²) in [6.45, 7) is 0. The smallest absolute Gasteiger partial charge is 0.258 e. The number of methoxy groups -OCH3 is 1. The van der Waals surface area contributed by atoms with Gasteiger partial charge in [-0.25, -0.2) is 0 Å². The first-order valence-electron chi connectivity index (χ1n) is 4.56. The number of ether oxygens (including phenoxy) is 1. The molecule has 2 N–H and O–H groups in total. The largest absolute Gasteiger partial charge is 0.504 e. The third kappa shape index (κ3) is 1.63. The Morgan fingerprint density at radius 3 is 2.62 bits per heavy atom. The number of imide groups is 1. The Balaban J connectivity index is 2.45. The predicted molar refractivity (Wildman–Crippen MR) is 55.8 cm³/mol. The third-order valence-electron chi connectivity index (χ3n) is 2.25. The van der Waals surface area contributed by atoms with Gasteiger partial charge in [-0.3, -0.25) is 14.9 Å². The molecule has 1 aliphatic rings. The van der Waals surface area contributed by atoms with E-state index in [9.17, 15) is 14.7 Å². The lowest BCUT2D eigenvalue weighted by atomic mass is 10.1. The highest BCUT2D eigenvalue weighted by molar-refractivity contribution is 6.33. The molecule has 0 unspecified atom stereocenters. The van der Waals surface area contributed by atoms with Crippen LogP contribution in [0.1, 0.15) is 5.56 Å². The molecule has 0 atom stereocenters. The molecule has 2 rings (SSSR count). The fourth-order valence-corrected chi connectivity index (χ4v) is 1.47. The minimum atomic E-state index is -0.447. The Hall–Kier alpha value is -2.30. The Kier molecular flexibility index (Phi) is 2.36. The van der Waals surface area contributed by atoms with Gasteiger partial charge in [0.15, 0.2) is 11.5 Å². The lowest BCUT2D eigenvalue weighted by molar-refractivity contribution is -0.123. The number of amides is 2. The number of phenolic OH excluding ortho intramolecular Hbond substituents is 1. The van der Waals surface area contributed by atoms with E-state index in [2.05, 4.69) is 5.32 Å². The molecule has 0 fully saturated rings. The van der Waals surface area contributed by atoms with Crippen molar-refractivity contribution in [2.75, 3.05) is 7.11 Å². The number of hydrogen-bond donors (Lipinski definition) is 2. The molecule has 5 nitrogen and oxygen atoms in total. The molecule has 0 spiro atoms. The van der Waals surface area contributed by atoms with Crippen LogP contribution in [0.3, 0.4) is 0 Å². The number of benzene rings is 1. The number of nitrogens with one attached hydrogen (secondary N) is 1. The molecule has 1 aliphatic heterocycles. The molecule has 0 saturated carbocycles. The SMILES string of the molecule is COc1cc(C2=CC(=O)NC2=O)ccc1O. The van der Waals surface area contributed by atoms with Crippen molar-refractivity contribution in [3.8, 4) is 11.5 Å². The summed E-state index contributed by atoms with van der Waals surface area (Å²) in [6, 6.07) is 4.45. The van der Waals surface area contributed by atoms with Crippen LogP contribution in [-0.2, 0) is 9.59 Å². The van der Waals surface area contributed by atoms with Crippen LogP contribution in [0.25, 0.3) is 5.57 Å². The first kappa shape index (κ1) is 10.2. The number of rotatable bonds is 2. The standard InChI is InChI=1S/C11H9NO4/c1-16-9-4-6(2-3-8(9)13)7-5-10(14)12-11(7)15/h2-5,13H,1H3,(H,12,14,15). The summed E-state index contributed by atoms with van der Waals surface area (Å²) in [5, 5.41) is 11.5. The van der Waals surface area contributed by atoms with Crippen molar-refractivity contribution >= 4 is 17.4 Å². The van der Waals surface area contributed by atoms with Crippen molar-refractivity contribution in [2.24, 2.45) is 0 Å². The zero-order chi connectivity index (χ0) is 11.7. The highest BCUT2D eigenvalue weighted by atomic mass is 16.5. The second-order valence-corrected chi connectivity index (χ2v) is 3.26. The molecule has 1 aromatic rings. The molecule has 0 aromatic heterocycles. The average molecular weight is 219 g/mol. The maximum Gasteiger partial charge on any atom is 0.258 e. The van der Waals surface area contributed by atoms with Crippen LogP contribution in [0.5, 0.6) is 11.5 Å². The van der Waals surface area contributed by atoms with E-state index in [1.54, 1.807) is 6.07 Å². The van der Waals surface area contributed by atoms with Crippen molar-refractivity contribution in [2.45, 2.75) is 0 Å². The lowest BCUT2D eigenvalue weighted by Gasteiger charge is -2.06. The van der Waals surface area contributed by atoms with Crippen molar-refractivity contribution in [1.29, 1.82) is 0 Å². The number of phenols is 1. The van der Waals surface area contributed by atoms with Gasteiger partial charge in [-0.2, -0.15) is 0 Å². The molecule has 0 radical (unpaired) electrons. The monoisotopic (exact) mass is 219 g/mol. The highest BCUT2D eigenvalue weighted by Gasteiger charge is 2.22. The summed E-state index contributed by atoms with van der Waals surface area (Å²) >= 11 is 0. The third-order valence-corrected chi connectivity index (χ3v) is 2.25. The van der Waals surface area contributed by atoms with Gasteiger partial charge in [-0.15, -0.1) is 0 Å². The van der Waals surface area contributed by atoms with Crippen molar-refractivity contribution < 1.29 is 19.4 Å². The van der Waals surface area contributed by atoms with Gasteiger partial charge in [0, 0.05) is 6.08 Å². The molecule has 82 valence electrons. The summed E-state index contributed by atoms with van der Waals surface area (Å²) in [5.74, 6) is -0.646. The van der Waals surface area contributed by atoms with Crippen LogP contribution in [0, 0.1) is 0 Å². The summed E-state index contributed by atoms with van der Waals surface area (Å²) in [7, 11) is 1.41. The van der Waals surface area contributed by atoms with E-state index in [4.69, 9.17) is 4.74 Å². The molecule has 2 amide bonds. The van der Waals surface area contributed by atoms with Crippen LogP contribution in [0.15, 0.2) is 24.3 Å². The summed E-state index contributed by atoms with van der Waals surface area (Å²) < 4.78 is 4.91. The number of carbonyl (C=O) groups is 2. The second kappa shape index (κ2) is 3.69. The zero-order valence-electron chi connectivity index (χ0n) is 8.48. The van der Waals surface area contributed by atoms with Crippen LogP contribution in [0.2, 0.25) is 0 Å². The molecular weight excluding hydrogens is 210 g/mol. The van der Waals surface area contributed by atoms with Gasteiger partial charge in [-0.05, 0) is 17.7 Å². The van der Waals surface area contributed by atoms with E-state index in [1.807, 2.05) is 0 Å². The highest BCUT2D eigenvalue weighted by Crippen LogP contribution is 2.30. The van der Waals surface area contributed by atoms with E-state index >= 15 is 0 Å². The molecule has 0 bridgehead atoms. The van der Waals surface area contributed by atoms with Gasteiger partial charge in [0.1, 0.15) is 0 Å². The fraction of sp³-hybridized carbons (Fsp3) is 0.0909. The first-order valence-corrected chi connectivity index (χ1v) is 4.56. The molecule has 1 heterocycles. The van der Waals surface area contributed by atoms with E-state index < -0.39 is 11.8 Å². The molecular formula is C11H9NO4.